The Hall–Kier alpha value is -3.63. The predicted molar refractivity (Wildman–Crippen MR) is 140 cm³/mol. The second-order valence-corrected chi connectivity index (χ2v) is 10.3. The molecule has 1 amide bonds. The molecule has 1 unspecified atom stereocenters. The van der Waals surface area contributed by atoms with Gasteiger partial charge in [0.15, 0.2) is 11.6 Å². The molecular formula is C29H30F2N4O4. The van der Waals surface area contributed by atoms with Crippen LogP contribution in [0.1, 0.15) is 55.0 Å². The van der Waals surface area contributed by atoms with E-state index in [4.69, 9.17) is 19.0 Å². The third-order valence-corrected chi connectivity index (χ3v) is 7.94. The number of fused-ring (bicyclic) bond motifs is 1. The van der Waals surface area contributed by atoms with E-state index in [-0.39, 0.29) is 37.0 Å². The standard InChI is InChI=1S/C29H30F2N4O4/c1-16-28(17(2)39-33-16)18-4-11-25-24(12-18)32-29(35(25)19-5-8-21(37-3)9-6-19)26-14-38-15-27(36)34(26)20-7-10-22(30)23(31)13-20/h4,7,10-13,19,21,26H,5-6,8-9,14-15H2,1-3H3. The van der Waals surface area contributed by atoms with E-state index in [0.29, 0.717) is 5.82 Å². The molecule has 2 aromatic heterocycles. The minimum atomic E-state index is -1.01. The van der Waals surface area contributed by atoms with Crippen molar-refractivity contribution in [2.45, 2.75) is 57.7 Å². The van der Waals surface area contributed by atoms with Crippen molar-refractivity contribution in [3.05, 3.63) is 65.3 Å². The Morgan fingerprint density at radius 3 is 2.51 bits per heavy atom. The minimum absolute atomic E-state index is 0.130. The zero-order valence-electron chi connectivity index (χ0n) is 22.1. The number of rotatable bonds is 5. The lowest BCUT2D eigenvalue weighted by Crippen LogP contribution is -2.45. The number of benzene rings is 2. The molecule has 10 heteroatoms. The summed E-state index contributed by atoms with van der Waals surface area (Å²) < 4.78 is 46.9. The number of carbonyl (C=O) groups excluding carboxylic acids is 1. The van der Waals surface area contributed by atoms with Crippen molar-refractivity contribution in [2.75, 3.05) is 25.2 Å². The summed E-state index contributed by atoms with van der Waals surface area (Å²) >= 11 is 0. The number of carbonyl (C=O) groups is 1. The summed E-state index contributed by atoms with van der Waals surface area (Å²) in [7, 11) is 1.74. The third-order valence-electron chi connectivity index (χ3n) is 7.94. The van der Waals surface area contributed by atoms with E-state index in [1.807, 2.05) is 32.0 Å². The van der Waals surface area contributed by atoms with Gasteiger partial charge in [-0.05, 0) is 69.4 Å². The maximum absolute atomic E-state index is 14.3. The smallest absolute Gasteiger partial charge is 0.253 e. The van der Waals surface area contributed by atoms with Crippen LogP contribution in [0.2, 0.25) is 0 Å². The van der Waals surface area contributed by atoms with Gasteiger partial charge in [0.05, 0.1) is 29.4 Å². The molecule has 39 heavy (non-hydrogen) atoms. The van der Waals surface area contributed by atoms with Crippen molar-refractivity contribution in [1.82, 2.24) is 14.7 Å². The van der Waals surface area contributed by atoms with Crippen molar-refractivity contribution in [2.24, 2.45) is 0 Å². The normalized spacial score (nSPS) is 22.1. The Labute approximate surface area is 224 Å². The third kappa shape index (κ3) is 4.51. The highest BCUT2D eigenvalue weighted by Crippen LogP contribution is 2.40. The Balaban J connectivity index is 1.50. The molecule has 1 atom stereocenters. The molecule has 3 heterocycles. The van der Waals surface area contributed by atoms with Gasteiger partial charge in [-0.25, -0.2) is 13.8 Å². The first-order valence-electron chi connectivity index (χ1n) is 13.2. The largest absolute Gasteiger partial charge is 0.381 e. The van der Waals surface area contributed by atoms with Crippen LogP contribution in [-0.4, -0.2) is 47.0 Å². The van der Waals surface area contributed by atoms with Crippen LogP contribution in [0.3, 0.4) is 0 Å². The van der Waals surface area contributed by atoms with E-state index in [2.05, 4.69) is 9.72 Å². The highest BCUT2D eigenvalue weighted by Gasteiger charge is 2.37. The topological polar surface area (TPSA) is 82.6 Å². The van der Waals surface area contributed by atoms with Gasteiger partial charge < -0.3 is 18.6 Å². The number of amides is 1. The Kier molecular flexibility index (Phi) is 6.68. The highest BCUT2D eigenvalue weighted by atomic mass is 19.2. The average molecular weight is 537 g/mol. The zero-order valence-corrected chi connectivity index (χ0v) is 22.1. The van der Waals surface area contributed by atoms with Crippen molar-refractivity contribution < 1.29 is 27.6 Å². The molecule has 0 bridgehead atoms. The molecule has 0 radical (unpaired) electrons. The molecule has 4 aromatic rings. The van der Waals surface area contributed by atoms with Crippen molar-refractivity contribution in [3.63, 3.8) is 0 Å². The molecule has 2 aromatic carbocycles. The molecule has 1 saturated heterocycles. The number of hydrogen-bond acceptors (Lipinski definition) is 6. The van der Waals surface area contributed by atoms with E-state index in [1.54, 1.807) is 7.11 Å². The lowest BCUT2D eigenvalue weighted by atomic mass is 9.92. The van der Waals surface area contributed by atoms with Gasteiger partial charge in [-0.15, -0.1) is 0 Å². The number of halogens is 2. The molecule has 204 valence electrons. The Morgan fingerprint density at radius 1 is 1.03 bits per heavy atom. The number of hydrogen-bond donors (Lipinski definition) is 0. The highest BCUT2D eigenvalue weighted by molar-refractivity contribution is 5.96. The Bertz CT molecular complexity index is 1520. The summed E-state index contributed by atoms with van der Waals surface area (Å²) in [5.41, 5.74) is 4.62. The molecular weight excluding hydrogens is 506 g/mol. The molecule has 2 aliphatic rings. The van der Waals surface area contributed by atoms with Crippen LogP contribution in [0, 0.1) is 25.5 Å². The van der Waals surface area contributed by atoms with Crippen LogP contribution < -0.4 is 4.90 Å². The van der Waals surface area contributed by atoms with Gasteiger partial charge >= 0.3 is 0 Å². The number of imidazole rings is 1. The molecule has 0 spiro atoms. The van der Waals surface area contributed by atoms with Crippen LogP contribution >= 0.6 is 0 Å². The number of methoxy groups -OCH3 is 1. The maximum atomic E-state index is 14.3. The van der Waals surface area contributed by atoms with Gasteiger partial charge in [0.25, 0.3) is 5.91 Å². The van der Waals surface area contributed by atoms with Gasteiger partial charge in [-0.1, -0.05) is 11.2 Å². The summed E-state index contributed by atoms with van der Waals surface area (Å²) in [6, 6.07) is 9.11. The van der Waals surface area contributed by atoms with Crippen LogP contribution in [0.15, 0.2) is 40.9 Å². The first-order valence-corrected chi connectivity index (χ1v) is 13.2. The summed E-state index contributed by atoms with van der Waals surface area (Å²) in [6.07, 6.45) is 3.79. The number of aryl methyl sites for hydroxylation is 2. The van der Waals surface area contributed by atoms with E-state index in [0.717, 1.165) is 71.4 Å². The average Bonchev–Trinajstić information content (AvgIpc) is 3.48. The van der Waals surface area contributed by atoms with Gasteiger partial charge in [-0.2, -0.15) is 0 Å². The SMILES string of the molecule is COC1CCC(n2c(C3COCC(=O)N3c3ccc(F)c(F)c3)nc3cc(-c4c(C)noc4C)ccc32)CC1. The summed E-state index contributed by atoms with van der Waals surface area (Å²) in [4.78, 5) is 19.7. The maximum Gasteiger partial charge on any atom is 0.253 e. The van der Waals surface area contributed by atoms with Gasteiger partial charge in [-0.3, -0.25) is 9.69 Å². The minimum Gasteiger partial charge on any atom is -0.381 e. The van der Waals surface area contributed by atoms with Gasteiger partial charge in [0.1, 0.15) is 24.2 Å². The predicted octanol–water partition coefficient (Wildman–Crippen LogP) is 5.82. The fourth-order valence-corrected chi connectivity index (χ4v) is 6.05. The van der Waals surface area contributed by atoms with E-state index < -0.39 is 17.7 Å². The number of aromatic nitrogens is 3. The summed E-state index contributed by atoms with van der Waals surface area (Å²) in [5.74, 6) is -0.943. The molecule has 2 fully saturated rings. The van der Waals surface area contributed by atoms with Crippen molar-refractivity contribution in [3.8, 4) is 11.1 Å². The first-order chi connectivity index (χ1) is 18.9. The zero-order chi connectivity index (χ0) is 27.3. The number of ether oxygens (including phenoxy) is 2. The summed E-state index contributed by atoms with van der Waals surface area (Å²) in [5, 5.41) is 4.09. The molecule has 0 N–H and O–H groups in total. The van der Waals surface area contributed by atoms with Crippen molar-refractivity contribution >= 4 is 22.6 Å². The summed E-state index contributed by atoms with van der Waals surface area (Å²) in [6.45, 7) is 3.81. The lowest BCUT2D eigenvalue weighted by molar-refractivity contribution is -0.127. The molecule has 6 rings (SSSR count). The number of anilines is 1. The second kappa shape index (κ2) is 10.2. The molecule has 8 nitrogen and oxygen atoms in total. The molecule has 1 aliphatic heterocycles. The van der Waals surface area contributed by atoms with Crippen LogP contribution in [0.25, 0.3) is 22.2 Å². The van der Waals surface area contributed by atoms with Gasteiger partial charge in [0.2, 0.25) is 0 Å². The van der Waals surface area contributed by atoms with E-state index >= 15 is 0 Å². The monoisotopic (exact) mass is 536 g/mol. The number of nitrogens with zero attached hydrogens (tertiary/aromatic N) is 4. The Morgan fingerprint density at radius 2 is 1.82 bits per heavy atom. The quantitative estimate of drug-likeness (QED) is 0.320. The molecule has 1 saturated carbocycles. The first kappa shape index (κ1) is 25.6. The number of morpholine rings is 1. The van der Waals surface area contributed by atoms with Gasteiger partial charge in [0, 0.05) is 30.5 Å². The van der Waals surface area contributed by atoms with E-state index in [1.165, 1.54) is 11.0 Å². The molecule has 1 aliphatic carbocycles. The van der Waals surface area contributed by atoms with Crippen LogP contribution in [0.4, 0.5) is 14.5 Å². The fraction of sp³-hybridized carbons (Fsp3) is 0.414. The lowest BCUT2D eigenvalue weighted by Gasteiger charge is -2.37. The van der Waals surface area contributed by atoms with Crippen molar-refractivity contribution in [1.29, 1.82) is 0 Å². The fourth-order valence-electron chi connectivity index (χ4n) is 6.05. The second-order valence-electron chi connectivity index (χ2n) is 10.3. The van der Waals surface area contributed by atoms with E-state index in [9.17, 15) is 13.6 Å². The van der Waals surface area contributed by atoms with Crippen LogP contribution in [-0.2, 0) is 14.3 Å². The van der Waals surface area contributed by atoms with Crippen LogP contribution in [0.5, 0.6) is 0 Å².